The molecule has 2 heteroatoms. The highest BCUT2D eigenvalue weighted by molar-refractivity contribution is 7.98. The van der Waals surface area contributed by atoms with E-state index in [9.17, 15) is 5.11 Å². The minimum Gasteiger partial charge on any atom is -0.507 e. The summed E-state index contributed by atoms with van der Waals surface area (Å²) in [5, 5.41) is 9.80. The zero-order valence-electron chi connectivity index (χ0n) is 9.58. The third-order valence-electron chi connectivity index (χ3n) is 3.65. The van der Waals surface area contributed by atoms with Gasteiger partial charge in [0.25, 0.3) is 0 Å². The van der Waals surface area contributed by atoms with Crippen LogP contribution in [0.15, 0.2) is 17.0 Å². The van der Waals surface area contributed by atoms with E-state index in [0.717, 1.165) is 17.2 Å². The van der Waals surface area contributed by atoms with Crippen LogP contribution in [0, 0.1) is 5.92 Å². The van der Waals surface area contributed by atoms with Crippen molar-refractivity contribution in [3.8, 4) is 5.75 Å². The van der Waals surface area contributed by atoms with Crippen LogP contribution in [0.1, 0.15) is 37.3 Å². The smallest absolute Gasteiger partial charge is 0.129 e. The third kappa shape index (κ3) is 1.87. The van der Waals surface area contributed by atoms with Gasteiger partial charge in [-0.15, -0.1) is 11.8 Å². The van der Waals surface area contributed by atoms with Gasteiger partial charge in [0.15, 0.2) is 0 Å². The van der Waals surface area contributed by atoms with Gasteiger partial charge in [0, 0.05) is 4.90 Å². The second-order valence-corrected chi connectivity index (χ2v) is 5.38. The highest BCUT2D eigenvalue weighted by Crippen LogP contribution is 2.40. The molecule has 0 radical (unpaired) electrons. The van der Waals surface area contributed by atoms with E-state index >= 15 is 0 Å². The molecule has 0 spiro atoms. The average molecular weight is 222 g/mol. The summed E-state index contributed by atoms with van der Waals surface area (Å²) in [6.45, 7) is 4.61. The van der Waals surface area contributed by atoms with E-state index in [-0.39, 0.29) is 0 Å². The van der Waals surface area contributed by atoms with Crippen LogP contribution in [0.25, 0.3) is 0 Å². The van der Waals surface area contributed by atoms with Crippen LogP contribution >= 0.6 is 11.8 Å². The Labute approximate surface area is 95.9 Å². The van der Waals surface area contributed by atoms with Crippen LogP contribution in [0.4, 0.5) is 0 Å². The molecule has 1 nitrogen and oxygen atoms in total. The van der Waals surface area contributed by atoms with Crippen molar-refractivity contribution in [2.45, 2.75) is 37.5 Å². The summed E-state index contributed by atoms with van der Waals surface area (Å²) in [7, 11) is 0. The summed E-state index contributed by atoms with van der Waals surface area (Å²) in [5.41, 5.74) is 2.78. The standard InChI is InChI=1S/C13H18OS/c1-8-4-5-10-6-12(14)13(15-3)7-11(10)9(8)2/h6-9,14H,4-5H2,1-3H3/t8?,9-/m0/s1. The zero-order valence-corrected chi connectivity index (χ0v) is 10.4. The molecule has 0 bridgehead atoms. The molecule has 15 heavy (non-hydrogen) atoms. The molecule has 0 amide bonds. The molecule has 1 N–H and O–H groups in total. The van der Waals surface area contributed by atoms with Crippen LogP contribution in [-0.2, 0) is 6.42 Å². The first-order valence-electron chi connectivity index (χ1n) is 5.53. The number of benzene rings is 1. The molecule has 1 aromatic rings. The van der Waals surface area contributed by atoms with E-state index in [4.69, 9.17) is 0 Å². The highest BCUT2D eigenvalue weighted by Gasteiger charge is 2.24. The Morgan fingerprint density at radius 2 is 2.07 bits per heavy atom. The van der Waals surface area contributed by atoms with Crippen molar-refractivity contribution in [2.24, 2.45) is 5.92 Å². The minimum absolute atomic E-state index is 0.447. The first-order chi connectivity index (χ1) is 7.13. The Hall–Kier alpha value is -0.630. The van der Waals surface area contributed by atoms with Crippen LogP contribution in [0.5, 0.6) is 5.75 Å². The fourth-order valence-electron chi connectivity index (χ4n) is 2.37. The molecule has 2 rings (SSSR count). The van der Waals surface area contributed by atoms with Gasteiger partial charge < -0.3 is 5.11 Å². The van der Waals surface area contributed by atoms with Crippen molar-refractivity contribution in [3.05, 3.63) is 23.3 Å². The molecule has 0 aliphatic heterocycles. The van der Waals surface area contributed by atoms with Crippen molar-refractivity contribution in [1.29, 1.82) is 0 Å². The fraction of sp³-hybridized carbons (Fsp3) is 0.538. The van der Waals surface area contributed by atoms with Gasteiger partial charge in [-0.05, 0) is 54.2 Å². The molecule has 0 fully saturated rings. The van der Waals surface area contributed by atoms with Crippen molar-refractivity contribution in [1.82, 2.24) is 0 Å². The molecule has 0 saturated carbocycles. The number of aromatic hydroxyl groups is 1. The summed E-state index contributed by atoms with van der Waals surface area (Å²) in [6, 6.07) is 4.14. The number of hydrogen-bond acceptors (Lipinski definition) is 2. The quantitative estimate of drug-likeness (QED) is 0.729. The van der Waals surface area contributed by atoms with Crippen LogP contribution in [0.3, 0.4) is 0 Å². The van der Waals surface area contributed by atoms with Gasteiger partial charge in [-0.3, -0.25) is 0 Å². The summed E-state index contributed by atoms with van der Waals surface area (Å²) in [4.78, 5) is 1.01. The number of phenols is 1. The van der Waals surface area contributed by atoms with Crippen molar-refractivity contribution in [3.63, 3.8) is 0 Å². The van der Waals surface area contributed by atoms with Crippen molar-refractivity contribution >= 4 is 11.8 Å². The Bertz CT molecular complexity index is 373. The van der Waals surface area contributed by atoms with Crippen LogP contribution < -0.4 is 0 Å². The van der Waals surface area contributed by atoms with Gasteiger partial charge in [-0.2, -0.15) is 0 Å². The van der Waals surface area contributed by atoms with E-state index < -0.39 is 0 Å². The normalized spacial score (nSPS) is 25.0. The van der Waals surface area contributed by atoms with E-state index in [1.54, 1.807) is 11.8 Å². The lowest BCUT2D eigenvalue weighted by Gasteiger charge is -2.29. The number of fused-ring (bicyclic) bond motifs is 1. The van der Waals surface area contributed by atoms with Crippen LogP contribution in [-0.4, -0.2) is 11.4 Å². The van der Waals surface area contributed by atoms with Gasteiger partial charge >= 0.3 is 0 Å². The fourth-order valence-corrected chi connectivity index (χ4v) is 2.88. The summed E-state index contributed by atoms with van der Waals surface area (Å²) < 4.78 is 0. The second-order valence-electron chi connectivity index (χ2n) is 4.53. The largest absolute Gasteiger partial charge is 0.507 e. The van der Waals surface area contributed by atoms with Crippen LogP contribution in [0.2, 0.25) is 0 Å². The van der Waals surface area contributed by atoms with Gasteiger partial charge in [-0.1, -0.05) is 13.8 Å². The monoisotopic (exact) mass is 222 g/mol. The Kier molecular flexibility index (Phi) is 2.96. The lowest BCUT2D eigenvalue weighted by Crippen LogP contribution is -2.15. The Balaban J connectivity index is 2.48. The highest BCUT2D eigenvalue weighted by atomic mass is 32.2. The van der Waals surface area contributed by atoms with Gasteiger partial charge in [0.1, 0.15) is 5.75 Å². The molecule has 1 aromatic carbocycles. The van der Waals surface area contributed by atoms with E-state index in [2.05, 4.69) is 19.9 Å². The van der Waals surface area contributed by atoms with Gasteiger partial charge in [0.05, 0.1) is 0 Å². The molecule has 2 atom stereocenters. The van der Waals surface area contributed by atoms with Crippen molar-refractivity contribution in [2.75, 3.05) is 6.26 Å². The summed E-state index contributed by atoms with van der Waals surface area (Å²) >= 11 is 1.62. The first-order valence-corrected chi connectivity index (χ1v) is 6.75. The topological polar surface area (TPSA) is 20.2 Å². The van der Waals surface area contributed by atoms with E-state index in [0.29, 0.717) is 11.7 Å². The predicted molar refractivity (Wildman–Crippen MR) is 65.8 cm³/mol. The maximum Gasteiger partial charge on any atom is 0.129 e. The SMILES string of the molecule is CSc1cc2c(cc1O)CCC(C)[C@@H]2C. The molecule has 0 aromatic heterocycles. The molecule has 82 valence electrons. The maximum atomic E-state index is 9.80. The molecule has 1 aliphatic carbocycles. The number of phenolic OH excluding ortho intramolecular Hbond substituents is 1. The molecule has 1 aliphatic rings. The Morgan fingerprint density at radius 3 is 2.73 bits per heavy atom. The number of thioether (sulfide) groups is 1. The summed E-state index contributed by atoms with van der Waals surface area (Å²) in [5.74, 6) is 1.83. The lowest BCUT2D eigenvalue weighted by atomic mass is 9.77. The maximum absolute atomic E-state index is 9.80. The number of aryl methyl sites for hydroxylation is 1. The lowest BCUT2D eigenvalue weighted by molar-refractivity contribution is 0.418. The molecule has 0 saturated heterocycles. The summed E-state index contributed by atoms with van der Waals surface area (Å²) in [6.07, 6.45) is 4.37. The Morgan fingerprint density at radius 1 is 1.33 bits per heavy atom. The number of rotatable bonds is 1. The number of hydrogen-bond donors (Lipinski definition) is 1. The van der Waals surface area contributed by atoms with E-state index in [1.807, 2.05) is 12.3 Å². The zero-order chi connectivity index (χ0) is 11.0. The third-order valence-corrected chi connectivity index (χ3v) is 4.42. The molecule has 0 heterocycles. The van der Waals surface area contributed by atoms with Gasteiger partial charge in [0.2, 0.25) is 0 Å². The first kappa shape index (κ1) is 10.9. The minimum atomic E-state index is 0.447. The van der Waals surface area contributed by atoms with E-state index in [1.165, 1.54) is 17.5 Å². The predicted octanol–water partition coefficient (Wildman–Crippen LogP) is 3.80. The molecular weight excluding hydrogens is 204 g/mol. The average Bonchev–Trinajstić information content (AvgIpc) is 2.23. The molecule has 1 unspecified atom stereocenters. The van der Waals surface area contributed by atoms with Gasteiger partial charge in [-0.25, -0.2) is 0 Å². The second kappa shape index (κ2) is 4.09. The van der Waals surface area contributed by atoms with Crippen molar-refractivity contribution < 1.29 is 5.11 Å². The molecular formula is C13H18OS.